The molecule has 0 aromatic carbocycles. The van der Waals surface area contributed by atoms with Crippen molar-refractivity contribution in [3.63, 3.8) is 0 Å². The summed E-state index contributed by atoms with van der Waals surface area (Å²) in [5, 5.41) is 11.4. The van der Waals surface area contributed by atoms with Crippen molar-refractivity contribution in [1.82, 2.24) is 9.80 Å². The average molecular weight is 228 g/mol. The summed E-state index contributed by atoms with van der Waals surface area (Å²) in [6, 6.07) is 0.658. The molecule has 94 valence electrons. The van der Waals surface area contributed by atoms with Crippen LogP contribution in [0.2, 0.25) is 0 Å². The van der Waals surface area contributed by atoms with Crippen LogP contribution in [0.4, 0.5) is 0 Å². The molecule has 0 saturated carbocycles. The predicted molar refractivity (Wildman–Crippen MR) is 65.8 cm³/mol. The molecule has 1 fully saturated rings. The Morgan fingerprint density at radius 1 is 1.62 bits per heavy atom. The molecule has 16 heavy (non-hydrogen) atoms. The highest BCUT2D eigenvalue weighted by Gasteiger charge is 2.20. The van der Waals surface area contributed by atoms with Crippen molar-refractivity contribution in [3.8, 4) is 0 Å². The summed E-state index contributed by atoms with van der Waals surface area (Å²) in [4.78, 5) is 4.77. The van der Waals surface area contributed by atoms with Gasteiger partial charge < -0.3 is 20.7 Å². The number of hydrogen-bond donors (Lipinski definition) is 2. The van der Waals surface area contributed by atoms with Crippen molar-refractivity contribution in [2.45, 2.75) is 31.7 Å². The van der Waals surface area contributed by atoms with Crippen molar-refractivity contribution < 1.29 is 5.21 Å². The molecule has 0 aromatic heterocycles. The van der Waals surface area contributed by atoms with Gasteiger partial charge in [0.1, 0.15) is 5.84 Å². The zero-order valence-corrected chi connectivity index (χ0v) is 10.4. The van der Waals surface area contributed by atoms with Gasteiger partial charge in [0, 0.05) is 19.0 Å². The van der Waals surface area contributed by atoms with Crippen LogP contribution in [0.5, 0.6) is 0 Å². The lowest BCUT2D eigenvalue weighted by molar-refractivity contribution is 0.134. The maximum absolute atomic E-state index is 8.43. The molecule has 0 radical (unpaired) electrons. The number of amidine groups is 1. The lowest BCUT2D eigenvalue weighted by atomic mass is 10.0. The number of hydrogen-bond acceptors (Lipinski definition) is 4. The molecule has 1 saturated heterocycles. The molecule has 1 rings (SSSR count). The molecule has 1 heterocycles. The Labute approximate surface area is 97.9 Å². The molecule has 0 aliphatic carbocycles. The first-order valence-electron chi connectivity index (χ1n) is 5.98. The maximum Gasteiger partial charge on any atom is 0.139 e. The molecule has 5 nitrogen and oxygen atoms in total. The fourth-order valence-electron chi connectivity index (χ4n) is 2.24. The van der Waals surface area contributed by atoms with E-state index in [4.69, 9.17) is 10.9 Å². The highest BCUT2D eigenvalue weighted by Crippen LogP contribution is 2.13. The summed E-state index contributed by atoms with van der Waals surface area (Å²) in [6.07, 6.45) is 4.19. The first kappa shape index (κ1) is 13.3. The van der Waals surface area contributed by atoms with E-state index < -0.39 is 0 Å². The first-order valence-corrected chi connectivity index (χ1v) is 5.98. The zero-order valence-electron chi connectivity index (χ0n) is 10.4. The Balaban J connectivity index is 2.21. The minimum Gasteiger partial charge on any atom is -0.409 e. The van der Waals surface area contributed by atoms with E-state index in [1.54, 1.807) is 0 Å². The van der Waals surface area contributed by atoms with Crippen LogP contribution in [0, 0.1) is 0 Å². The van der Waals surface area contributed by atoms with Crippen LogP contribution in [0.25, 0.3) is 0 Å². The van der Waals surface area contributed by atoms with Crippen LogP contribution in [0.3, 0.4) is 0 Å². The first-order chi connectivity index (χ1) is 7.63. The van der Waals surface area contributed by atoms with Gasteiger partial charge in [0.05, 0.1) is 0 Å². The van der Waals surface area contributed by atoms with E-state index in [-0.39, 0.29) is 0 Å². The summed E-state index contributed by atoms with van der Waals surface area (Å²) in [5.41, 5.74) is 5.43. The fourth-order valence-corrected chi connectivity index (χ4v) is 2.24. The third kappa shape index (κ3) is 4.37. The number of likely N-dealkylation sites (N-methyl/N-ethyl adjacent to an activating group) is 2. The molecule has 0 amide bonds. The van der Waals surface area contributed by atoms with Crippen LogP contribution < -0.4 is 5.73 Å². The molecule has 3 N–H and O–H groups in total. The minimum atomic E-state index is 0.328. The average Bonchev–Trinajstić information content (AvgIpc) is 2.28. The van der Waals surface area contributed by atoms with Gasteiger partial charge in [-0.15, -0.1) is 0 Å². The molecule has 1 aliphatic heterocycles. The minimum absolute atomic E-state index is 0.328. The van der Waals surface area contributed by atoms with E-state index in [1.807, 2.05) is 0 Å². The molecular weight excluding hydrogens is 204 g/mol. The van der Waals surface area contributed by atoms with Crippen LogP contribution in [0.1, 0.15) is 25.7 Å². The molecule has 0 bridgehead atoms. The van der Waals surface area contributed by atoms with Crippen LogP contribution in [-0.2, 0) is 0 Å². The lowest BCUT2D eigenvalue weighted by Crippen LogP contribution is -2.45. The van der Waals surface area contributed by atoms with E-state index in [0.717, 1.165) is 19.5 Å². The molecule has 1 unspecified atom stereocenters. The quantitative estimate of drug-likeness (QED) is 0.312. The van der Waals surface area contributed by atoms with Crippen molar-refractivity contribution in [3.05, 3.63) is 0 Å². The highest BCUT2D eigenvalue weighted by atomic mass is 16.4. The number of rotatable bonds is 5. The topological polar surface area (TPSA) is 65.1 Å². The highest BCUT2D eigenvalue weighted by molar-refractivity contribution is 5.79. The monoisotopic (exact) mass is 228 g/mol. The number of piperidine rings is 1. The second-order valence-corrected chi connectivity index (χ2v) is 4.73. The van der Waals surface area contributed by atoms with Crippen LogP contribution in [0.15, 0.2) is 5.16 Å². The van der Waals surface area contributed by atoms with Crippen molar-refractivity contribution in [1.29, 1.82) is 0 Å². The molecular formula is C11H24N4O. The van der Waals surface area contributed by atoms with Gasteiger partial charge in [-0.2, -0.15) is 0 Å². The van der Waals surface area contributed by atoms with Crippen molar-refractivity contribution in [2.24, 2.45) is 10.9 Å². The van der Waals surface area contributed by atoms with Crippen molar-refractivity contribution >= 4 is 5.84 Å². The zero-order chi connectivity index (χ0) is 12.0. The number of nitrogens with two attached hydrogens (primary N) is 1. The smallest absolute Gasteiger partial charge is 0.139 e. The Morgan fingerprint density at radius 2 is 2.38 bits per heavy atom. The summed E-state index contributed by atoms with van der Waals surface area (Å²) >= 11 is 0. The molecule has 0 aromatic rings. The Hall–Kier alpha value is -0.810. The van der Waals surface area contributed by atoms with Crippen LogP contribution >= 0.6 is 0 Å². The number of oxime groups is 1. The third-order valence-electron chi connectivity index (χ3n) is 3.30. The van der Waals surface area contributed by atoms with E-state index in [9.17, 15) is 0 Å². The molecule has 1 aliphatic rings. The summed E-state index contributed by atoms with van der Waals surface area (Å²) < 4.78 is 0. The molecule has 1 atom stereocenters. The van der Waals surface area contributed by atoms with Gasteiger partial charge in [0.25, 0.3) is 0 Å². The summed E-state index contributed by atoms with van der Waals surface area (Å²) in [6.45, 7) is 3.38. The van der Waals surface area contributed by atoms with Gasteiger partial charge >= 0.3 is 0 Å². The second-order valence-electron chi connectivity index (χ2n) is 4.73. The van der Waals surface area contributed by atoms with E-state index >= 15 is 0 Å². The molecule has 0 spiro atoms. The third-order valence-corrected chi connectivity index (χ3v) is 3.30. The molecule has 5 heteroatoms. The van der Waals surface area contributed by atoms with E-state index in [1.165, 1.54) is 19.4 Å². The predicted octanol–water partition coefficient (Wildman–Crippen LogP) is 0.539. The number of nitrogens with zero attached hydrogens (tertiary/aromatic N) is 3. The maximum atomic E-state index is 8.43. The fraction of sp³-hybridized carbons (Fsp3) is 0.909. The normalized spacial score (nSPS) is 23.9. The van der Waals surface area contributed by atoms with Gasteiger partial charge in [0.2, 0.25) is 0 Å². The van der Waals surface area contributed by atoms with Crippen molar-refractivity contribution in [2.75, 3.05) is 33.7 Å². The van der Waals surface area contributed by atoms with Gasteiger partial charge in [0.15, 0.2) is 0 Å². The Morgan fingerprint density at radius 3 is 3.00 bits per heavy atom. The van der Waals surface area contributed by atoms with Gasteiger partial charge in [-0.05, 0) is 46.4 Å². The summed E-state index contributed by atoms with van der Waals surface area (Å²) in [7, 11) is 4.34. The Bertz CT molecular complexity index is 232. The number of likely N-dealkylation sites (tertiary alicyclic amines) is 1. The largest absolute Gasteiger partial charge is 0.409 e. The lowest BCUT2D eigenvalue weighted by Gasteiger charge is -2.35. The summed E-state index contributed by atoms with van der Waals surface area (Å²) in [5.74, 6) is 0.328. The van der Waals surface area contributed by atoms with Crippen LogP contribution in [-0.4, -0.2) is 60.6 Å². The van der Waals surface area contributed by atoms with Gasteiger partial charge in [-0.3, -0.25) is 0 Å². The standard InChI is InChI=1S/C11H24N4O/c1-14-7-3-5-10(9-14)15(2)8-4-6-11(12)13-16/h10,16H,3-9H2,1-2H3,(H2,12,13). The van der Waals surface area contributed by atoms with E-state index in [0.29, 0.717) is 18.3 Å². The van der Waals surface area contributed by atoms with E-state index in [2.05, 4.69) is 29.1 Å². The van der Waals surface area contributed by atoms with Gasteiger partial charge in [-0.1, -0.05) is 5.16 Å². The SMILES string of the molecule is CN1CCCC(N(C)CCCC(N)=NO)C1. The second kappa shape index (κ2) is 6.70. The Kier molecular flexibility index (Phi) is 5.55. The van der Waals surface area contributed by atoms with Gasteiger partial charge in [-0.25, -0.2) is 0 Å².